The average molecular weight is 144 g/mol. The number of hydrogen-bond donors (Lipinski definition) is 0. The van der Waals surface area contributed by atoms with Crippen molar-refractivity contribution in [1.82, 2.24) is 0 Å². The van der Waals surface area contributed by atoms with Crippen LogP contribution in [0.1, 0.15) is 39.0 Å². The van der Waals surface area contributed by atoms with Gasteiger partial charge in [-0.3, -0.25) is 0 Å². The summed E-state index contributed by atoms with van der Waals surface area (Å²) < 4.78 is 0. The Morgan fingerprint density at radius 2 is 2.22 bits per heavy atom. The van der Waals surface area contributed by atoms with E-state index in [4.69, 9.17) is 0 Å². The predicted molar refractivity (Wildman–Crippen MR) is 45.0 cm³/mol. The molecule has 1 saturated heterocycles. The van der Waals surface area contributed by atoms with Gasteiger partial charge in [0.25, 0.3) is 0 Å². The van der Waals surface area contributed by atoms with Crippen molar-refractivity contribution < 1.29 is 0 Å². The molecule has 0 bridgehead atoms. The molecule has 0 N–H and O–H groups in total. The highest BCUT2D eigenvalue weighted by atomic mass is 32.2. The maximum atomic E-state index is 2.27. The van der Waals surface area contributed by atoms with Crippen molar-refractivity contribution in [1.29, 1.82) is 0 Å². The van der Waals surface area contributed by atoms with Crippen LogP contribution in [0.5, 0.6) is 0 Å². The van der Waals surface area contributed by atoms with Crippen molar-refractivity contribution in [2.75, 3.05) is 5.75 Å². The molecule has 0 aromatic carbocycles. The Bertz CT molecular complexity index is 67.0. The van der Waals surface area contributed by atoms with Crippen LogP contribution in [0.3, 0.4) is 0 Å². The molecule has 0 amide bonds. The van der Waals surface area contributed by atoms with Gasteiger partial charge in [-0.05, 0) is 18.6 Å². The first-order chi connectivity index (χ1) is 4.43. The molecule has 0 nitrogen and oxygen atoms in total. The molecule has 1 fully saturated rings. The summed E-state index contributed by atoms with van der Waals surface area (Å²) in [6, 6.07) is 0. The summed E-state index contributed by atoms with van der Waals surface area (Å²) >= 11 is 2.16. The maximum absolute atomic E-state index is 2.27. The van der Waals surface area contributed by atoms with Gasteiger partial charge in [0.15, 0.2) is 0 Å². The van der Waals surface area contributed by atoms with Gasteiger partial charge < -0.3 is 0 Å². The normalized spacial score (nSPS) is 25.7. The minimum Gasteiger partial charge on any atom is -0.159 e. The van der Waals surface area contributed by atoms with E-state index in [9.17, 15) is 0 Å². The third kappa shape index (κ3) is 2.61. The van der Waals surface area contributed by atoms with Gasteiger partial charge in [-0.2, -0.15) is 11.8 Å². The second-order valence-electron chi connectivity index (χ2n) is 2.78. The predicted octanol–water partition coefficient (Wildman–Crippen LogP) is 3.07. The van der Waals surface area contributed by atoms with Crippen LogP contribution in [0.25, 0.3) is 0 Å². The standard InChI is InChI=1S/C8H16S/c1-2-3-4-5-8-6-7-9-8/h8H,2-7H2,1H3/t8-/m1/s1. The van der Waals surface area contributed by atoms with Gasteiger partial charge in [0, 0.05) is 5.25 Å². The van der Waals surface area contributed by atoms with Crippen LogP contribution in [0, 0.1) is 0 Å². The highest BCUT2D eigenvalue weighted by Crippen LogP contribution is 2.31. The van der Waals surface area contributed by atoms with Gasteiger partial charge in [-0.15, -0.1) is 0 Å². The van der Waals surface area contributed by atoms with Crippen LogP contribution in [-0.4, -0.2) is 11.0 Å². The molecule has 0 spiro atoms. The summed E-state index contributed by atoms with van der Waals surface area (Å²) in [6.45, 7) is 2.27. The zero-order chi connectivity index (χ0) is 6.53. The van der Waals surface area contributed by atoms with E-state index in [1.165, 1.54) is 37.9 Å². The van der Waals surface area contributed by atoms with Crippen LogP contribution in [0.4, 0.5) is 0 Å². The number of thioether (sulfide) groups is 1. The summed E-state index contributed by atoms with van der Waals surface area (Å²) in [4.78, 5) is 0. The lowest BCUT2D eigenvalue weighted by atomic mass is 10.1. The van der Waals surface area contributed by atoms with E-state index in [-0.39, 0.29) is 0 Å². The van der Waals surface area contributed by atoms with Gasteiger partial charge in [-0.1, -0.05) is 26.2 Å². The molecule has 1 rings (SSSR count). The molecule has 54 valence electrons. The fourth-order valence-corrected chi connectivity index (χ4v) is 2.04. The van der Waals surface area contributed by atoms with Gasteiger partial charge in [0.05, 0.1) is 0 Å². The van der Waals surface area contributed by atoms with E-state index < -0.39 is 0 Å². The van der Waals surface area contributed by atoms with E-state index in [1.54, 1.807) is 0 Å². The van der Waals surface area contributed by atoms with E-state index in [0.29, 0.717) is 0 Å². The number of hydrogen-bond acceptors (Lipinski definition) is 1. The SMILES string of the molecule is CCCCC[C@@H]1CCS1. The summed E-state index contributed by atoms with van der Waals surface area (Å²) in [6.07, 6.45) is 7.26. The van der Waals surface area contributed by atoms with Crippen LogP contribution >= 0.6 is 11.8 Å². The van der Waals surface area contributed by atoms with Gasteiger partial charge in [-0.25, -0.2) is 0 Å². The molecule has 0 saturated carbocycles. The molecule has 1 heterocycles. The Hall–Kier alpha value is 0.350. The third-order valence-electron chi connectivity index (χ3n) is 1.92. The first kappa shape index (κ1) is 7.46. The van der Waals surface area contributed by atoms with E-state index in [1.807, 2.05) is 0 Å². The van der Waals surface area contributed by atoms with Crippen molar-refractivity contribution >= 4 is 11.8 Å². The average Bonchev–Trinajstić information content (AvgIpc) is 1.76. The minimum atomic E-state index is 1.05. The van der Waals surface area contributed by atoms with Gasteiger partial charge in [0.2, 0.25) is 0 Å². The van der Waals surface area contributed by atoms with E-state index in [2.05, 4.69) is 18.7 Å². The van der Waals surface area contributed by atoms with Crippen LogP contribution < -0.4 is 0 Å². The second kappa shape index (κ2) is 4.21. The topological polar surface area (TPSA) is 0 Å². The van der Waals surface area contributed by atoms with E-state index >= 15 is 0 Å². The Morgan fingerprint density at radius 1 is 1.44 bits per heavy atom. The molecule has 1 atom stereocenters. The summed E-state index contributed by atoms with van der Waals surface area (Å²) in [5, 5.41) is 1.05. The summed E-state index contributed by atoms with van der Waals surface area (Å²) in [7, 11) is 0. The molecule has 1 aliphatic heterocycles. The number of rotatable bonds is 4. The molecular weight excluding hydrogens is 128 g/mol. The quantitative estimate of drug-likeness (QED) is 0.546. The van der Waals surface area contributed by atoms with Gasteiger partial charge >= 0.3 is 0 Å². The molecular formula is C8H16S. The van der Waals surface area contributed by atoms with Crippen LogP contribution in [0.2, 0.25) is 0 Å². The maximum Gasteiger partial charge on any atom is 0.00549 e. The highest BCUT2D eigenvalue weighted by molar-refractivity contribution is 8.01. The van der Waals surface area contributed by atoms with Crippen molar-refractivity contribution in [3.8, 4) is 0 Å². The highest BCUT2D eigenvalue weighted by Gasteiger charge is 2.16. The molecule has 0 aliphatic carbocycles. The molecule has 1 aliphatic rings. The van der Waals surface area contributed by atoms with E-state index in [0.717, 1.165) is 5.25 Å². The largest absolute Gasteiger partial charge is 0.159 e. The molecule has 9 heavy (non-hydrogen) atoms. The minimum absolute atomic E-state index is 1.05. The van der Waals surface area contributed by atoms with Crippen LogP contribution in [-0.2, 0) is 0 Å². The number of unbranched alkanes of at least 4 members (excludes halogenated alkanes) is 2. The summed E-state index contributed by atoms with van der Waals surface area (Å²) in [5.41, 5.74) is 0. The molecule has 1 heteroatoms. The fraction of sp³-hybridized carbons (Fsp3) is 1.00. The Labute approximate surface area is 62.4 Å². The van der Waals surface area contributed by atoms with Gasteiger partial charge in [0.1, 0.15) is 0 Å². The smallest absolute Gasteiger partial charge is 0.00549 e. The molecule has 0 aromatic rings. The van der Waals surface area contributed by atoms with Crippen molar-refractivity contribution in [2.45, 2.75) is 44.3 Å². The fourth-order valence-electron chi connectivity index (χ4n) is 1.13. The first-order valence-corrected chi connectivity index (χ1v) is 5.10. The Kier molecular flexibility index (Phi) is 3.49. The second-order valence-corrected chi connectivity index (χ2v) is 4.19. The summed E-state index contributed by atoms with van der Waals surface area (Å²) in [5.74, 6) is 1.43. The lowest BCUT2D eigenvalue weighted by molar-refractivity contribution is 0.621. The van der Waals surface area contributed by atoms with Crippen molar-refractivity contribution in [3.63, 3.8) is 0 Å². The Morgan fingerprint density at radius 3 is 2.67 bits per heavy atom. The lowest BCUT2D eigenvalue weighted by Gasteiger charge is -2.24. The molecule has 0 radical (unpaired) electrons. The molecule has 0 aromatic heterocycles. The van der Waals surface area contributed by atoms with Crippen molar-refractivity contribution in [3.05, 3.63) is 0 Å². The monoisotopic (exact) mass is 144 g/mol. The Balaban J connectivity index is 1.80. The first-order valence-electron chi connectivity index (χ1n) is 4.05. The van der Waals surface area contributed by atoms with Crippen LogP contribution in [0.15, 0.2) is 0 Å². The zero-order valence-corrected chi connectivity index (χ0v) is 7.04. The lowest BCUT2D eigenvalue weighted by Crippen LogP contribution is -2.14. The third-order valence-corrected chi connectivity index (χ3v) is 3.34. The molecule has 0 unspecified atom stereocenters. The van der Waals surface area contributed by atoms with Crippen molar-refractivity contribution in [2.24, 2.45) is 0 Å². The zero-order valence-electron chi connectivity index (χ0n) is 6.23.